The van der Waals surface area contributed by atoms with Crippen molar-refractivity contribution >= 4 is 11.8 Å². The predicted molar refractivity (Wildman–Crippen MR) is 71.5 cm³/mol. The molecule has 19 heavy (non-hydrogen) atoms. The zero-order valence-corrected chi connectivity index (χ0v) is 11.4. The molecule has 5 nitrogen and oxygen atoms in total. The van der Waals surface area contributed by atoms with Gasteiger partial charge in [-0.25, -0.2) is 0 Å². The average molecular weight is 265 g/mol. The summed E-state index contributed by atoms with van der Waals surface area (Å²) < 4.78 is 0. The summed E-state index contributed by atoms with van der Waals surface area (Å²) in [5, 5.41) is 3.51. The van der Waals surface area contributed by atoms with Gasteiger partial charge >= 0.3 is 0 Å². The van der Waals surface area contributed by atoms with Crippen molar-refractivity contribution < 1.29 is 9.59 Å². The third-order valence-corrected chi connectivity index (χ3v) is 4.66. The van der Waals surface area contributed by atoms with Crippen molar-refractivity contribution in [2.75, 3.05) is 32.7 Å². The van der Waals surface area contributed by atoms with Gasteiger partial charge < -0.3 is 15.1 Å². The van der Waals surface area contributed by atoms with E-state index in [-0.39, 0.29) is 11.8 Å². The molecule has 0 aromatic rings. The van der Waals surface area contributed by atoms with E-state index in [1.54, 1.807) is 0 Å². The van der Waals surface area contributed by atoms with Crippen LogP contribution in [0.5, 0.6) is 0 Å². The van der Waals surface area contributed by atoms with Crippen LogP contribution in [0.25, 0.3) is 0 Å². The Morgan fingerprint density at radius 2 is 2.21 bits per heavy atom. The van der Waals surface area contributed by atoms with Crippen LogP contribution in [0.3, 0.4) is 0 Å². The van der Waals surface area contributed by atoms with E-state index in [1.807, 2.05) is 9.80 Å². The van der Waals surface area contributed by atoms with Crippen LogP contribution in [0.1, 0.15) is 32.1 Å². The highest BCUT2D eigenvalue weighted by Gasteiger charge is 2.31. The molecule has 5 heteroatoms. The first-order valence-electron chi connectivity index (χ1n) is 7.51. The maximum absolute atomic E-state index is 12.3. The first kappa shape index (κ1) is 12.9. The lowest BCUT2D eigenvalue weighted by atomic mass is 9.97. The van der Waals surface area contributed by atoms with Gasteiger partial charge in [-0.15, -0.1) is 0 Å². The number of amides is 2. The fraction of sp³-hybridized carbons (Fsp3) is 0.857. The minimum absolute atomic E-state index is 0.213. The normalized spacial score (nSPS) is 30.8. The molecule has 2 atom stereocenters. The number of hydrogen-bond donors (Lipinski definition) is 1. The first-order chi connectivity index (χ1) is 9.22. The molecular weight excluding hydrogens is 242 g/mol. The van der Waals surface area contributed by atoms with E-state index in [9.17, 15) is 9.59 Å². The number of rotatable bonds is 3. The Morgan fingerprint density at radius 3 is 2.89 bits per heavy atom. The Morgan fingerprint density at radius 1 is 1.32 bits per heavy atom. The minimum Gasteiger partial charge on any atom is -0.342 e. The van der Waals surface area contributed by atoms with E-state index in [2.05, 4.69) is 5.32 Å². The molecule has 0 aromatic heterocycles. The second-order valence-corrected chi connectivity index (χ2v) is 6.08. The van der Waals surface area contributed by atoms with Gasteiger partial charge in [0.05, 0.1) is 0 Å². The SMILES string of the molecule is O=C1CCCN1CCC(=O)N1C[C@H]2CC[C@@H](C1)NC2. The van der Waals surface area contributed by atoms with Gasteiger partial charge in [-0.2, -0.15) is 0 Å². The predicted octanol–water partition coefficient (Wildman–Crippen LogP) is 0.209. The number of likely N-dealkylation sites (tertiary alicyclic amines) is 1. The lowest BCUT2D eigenvalue weighted by Gasteiger charge is -2.24. The van der Waals surface area contributed by atoms with Gasteiger partial charge in [-0.1, -0.05) is 0 Å². The maximum atomic E-state index is 12.3. The van der Waals surface area contributed by atoms with Gasteiger partial charge in [0.25, 0.3) is 0 Å². The molecule has 0 spiro atoms. The first-order valence-corrected chi connectivity index (χ1v) is 7.51. The number of hydrogen-bond acceptors (Lipinski definition) is 3. The molecule has 0 saturated carbocycles. The van der Waals surface area contributed by atoms with Crippen LogP contribution in [0.4, 0.5) is 0 Å². The maximum Gasteiger partial charge on any atom is 0.224 e. The molecule has 4 heterocycles. The number of carbonyl (C=O) groups excluding carboxylic acids is 2. The minimum atomic E-state index is 0.213. The molecule has 1 N–H and O–H groups in total. The zero-order valence-electron chi connectivity index (χ0n) is 11.4. The third-order valence-electron chi connectivity index (χ3n) is 4.66. The number of nitrogens with zero attached hydrogens (tertiary/aromatic N) is 2. The van der Waals surface area contributed by atoms with Crippen molar-refractivity contribution in [3.8, 4) is 0 Å². The van der Waals surface area contributed by atoms with Crippen LogP contribution in [-0.2, 0) is 9.59 Å². The Labute approximate surface area is 114 Å². The standard InChI is InChI=1S/C14H23N3O2/c18-13-2-1-6-16(13)7-5-14(19)17-9-11-3-4-12(10-17)15-8-11/h11-12,15H,1-10H2/t11-,12-/m0/s1. The fourth-order valence-corrected chi connectivity index (χ4v) is 3.47. The highest BCUT2D eigenvalue weighted by atomic mass is 16.2. The van der Waals surface area contributed by atoms with Crippen LogP contribution in [0.15, 0.2) is 0 Å². The summed E-state index contributed by atoms with van der Waals surface area (Å²) in [7, 11) is 0. The van der Waals surface area contributed by atoms with Crippen molar-refractivity contribution in [2.24, 2.45) is 5.92 Å². The van der Waals surface area contributed by atoms with Crippen molar-refractivity contribution in [1.29, 1.82) is 0 Å². The molecule has 4 aliphatic rings. The van der Waals surface area contributed by atoms with Crippen molar-refractivity contribution in [3.05, 3.63) is 0 Å². The van der Waals surface area contributed by atoms with Gasteiger partial charge in [-0.3, -0.25) is 9.59 Å². The Kier molecular flexibility index (Phi) is 3.73. The highest BCUT2D eigenvalue weighted by molar-refractivity contribution is 5.80. The molecule has 4 rings (SSSR count). The van der Waals surface area contributed by atoms with E-state index in [0.29, 0.717) is 31.3 Å². The van der Waals surface area contributed by atoms with Crippen molar-refractivity contribution in [1.82, 2.24) is 15.1 Å². The molecular formula is C14H23N3O2. The van der Waals surface area contributed by atoms with E-state index in [4.69, 9.17) is 0 Å². The van der Waals surface area contributed by atoms with Crippen LogP contribution >= 0.6 is 0 Å². The average Bonchev–Trinajstić information content (AvgIpc) is 2.65. The van der Waals surface area contributed by atoms with Gasteiger partial charge in [0.1, 0.15) is 0 Å². The summed E-state index contributed by atoms with van der Waals surface area (Å²) in [6, 6.07) is 0.483. The van der Waals surface area contributed by atoms with E-state index in [1.165, 1.54) is 12.8 Å². The number of carbonyl (C=O) groups is 2. The van der Waals surface area contributed by atoms with Crippen molar-refractivity contribution in [3.63, 3.8) is 0 Å². The summed E-state index contributed by atoms with van der Waals surface area (Å²) in [5.41, 5.74) is 0. The second-order valence-electron chi connectivity index (χ2n) is 6.08. The molecule has 0 unspecified atom stereocenters. The molecule has 2 bridgehead atoms. The molecule has 106 valence electrons. The second kappa shape index (κ2) is 5.49. The van der Waals surface area contributed by atoms with Gasteiger partial charge in [0.15, 0.2) is 0 Å². The molecule has 4 fully saturated rings. The monoisotopic (exact) mass is 265 g/mol. The molecule has 4 aliphatic heterocycles. The van der Waals surface area contributed by atoms with E-state index in [0.717, 1.165) is 32.6 Å². The summed E-state index contributed by atoms with van der Waals surface area (Å²) in [5.74, 6) is 1.06. The van der Waals surface area contributed by atoms with Gasteiger partial charge in [0.2, 0.25) is 11.8 Å². The zero-order chi connectivity index (χ0) is 13.2. The molecule has 0 aromatic carbocycles. The number of nitrogens with one attached hydrogen (secondary N) is 1. The molecule has 4 saturated heterocycles. The Hall–Kier alpha value is -1.10. The summed E-state index contributed by atoms with van der Waals surface area (Å²) in [6.45, 7) is 4.24. The summed E-state index contributed by atoms with van der Waals surface area (Å²) in [6.07, 6.45) is 4.53. The highest BCUT2D eigenvalue weighted by Crippen LogP contribution is 2.22. The molecule has 2 amide bonds. The van der Waals surface area contributed by atoms with Crippen LogP contribution in [-0.4, -0.2) is 60.4 Å². The topological polar surface area (TPSA) is 52.7 Å². The smallest absolute Gasteiger partial charge is 0.224 e. The Bertz CT molecular complexity index is 350. The lowest BCUT2D eigenvalue weighted by molar-refractivity contribution is -0.133. The quantitative estimate of drug-likeness (QED) is 0.793. The van der Waals surface area contributed by atoms with E-state index >= 15 is 0 Å². The van der Waals surface area contributed by atoms with E-state index < -0.39 is 0 Å². The number of piperidine rings is 1. The summed E-state index contributed by atoms with van der Waals surface area (Å²) >= 11 is 0. The fourth-order valence-electron chi connectivity index (χ4n) is 3.47. The molecule has 0 aliphatic carbocycles. The largest absolute Gasteiger partial charge is 0.342 e. The third kappa shape index (κ3) is 2.91. The Balaban J connectivity index is 1.51. The lowest BCUT2D eigenvalue weighted by Crippen LogP contribution is -2.41. The molecule has 0 radical (unpaired) electrons. The van der Waals surface area contributed by atoms with Crippen molar-refractivity contribution in [2.45, 2.75) is 38.1 Å². The van der Waals surface area contributed by atoms with Gasteiger partial charge in [-0.05, 0) is 31.7 Å². The number of fused-ring (bicyclic) bond motifs is 4. The van der Waals surface area contributed by atoms with Crippen LogP contribution in [0, 0.1) is 5.92 Å². The van der Waals surface area contributed by atoms with Crippen LogP contribution < -0.4 is 5.32 Å². The van der Waals surface area contributed by atoms with Gasteiger partial charge in [0, 0.05) is 45.1 Å². The van der Waals surface area contributed by atoms with Crippen LogP contribution in [0.2, 0.25) is 0 Å². The summed E-state index contributed by atoms with van der Waals surface area (Å²) in [4.78, 5) is 27.7.